The van der Waals surface area contributed by atoms with Gasteiger partial charge in [-0.2, -0.15) is 0 Å². The molecule has 27 heavy (non-hydrogen) atoms. The number of aromatic nitrogens is 3. The fraction of sp³-hybridized carbons (Fsp3) is 0.250. The number of benzene rings is 2. The molecular formula is C20H20ClN3O2S. The Morgan fingerprint density at radius 2 is 1.96 bits per heavy atom. The van der Waals surface area contributed by atoms with Gasteiger partial charge in [-0.1, -0.05) is 59.3 Å². The molecule has 0 radical (unpaired) electrons. The van der Waals surface area contributed by atoms with Gasteiger partial charge in [-0.05, 0) is 31.5 Å². The minimum atomic E-state index is 0.0781. The first kappa shape index (κ1) is 19.5. The van der Waals surface area contributed by atoms with Gasteiger partial charge in [0, 0.05) is 12.6 Å². The lowest BCUT2D eigenvalue weighted by atomic mass is 10.0. The summed E-state index contributed by atoms with van der Waals surface area (Å²) >= 11 is 7.46. The molecule has 2 aromatic carbocycles. The van der Waals surface area contributed by atoms with Crippen LogP contribution in [0.25, 0.3) is 0 Å². The van der Waals surface area contributed by atoms with Crippen LogP contribution < -0.4 is 4.74 Å². The highest BCUT2D eigenvalue weighted by Gasteiger charge is 2.14. The van der Waals surface area contributed by atoms with Crippen LogP contribution in [0.1, 0.15) is 27.3 Å². The minimum Gasteiger partial charge on any atom is -0.484 e. The molecule has 0 bridgehead atoms. The second-order valence-electron chi connectivity index (χ2n) is 6.21. The summed E-state index contributed by atoms with van der Waals surface area (Å²) < 4.78 is 7.54. The summed E-state index contributed by atoms with van der Waals surface area (Å²) in [6, 6.07) is 13.1. The molecule has 3 aromatic rings. The van der Waals surface area contributed by atoms with E-state index in [1.807, 2.05) is 55.8 Å². The topological polar surface area (TPSA) is 57.0 Å². The van der Waals surface area contributed by atoms with Crippen LogP contribution in [0, 0.1) is 13.8 Å². The summed E-state index contributed by atoms with van der Waals surface area (Å²) in [5, 5.41) is 9.54. The van der Waals surface area contributed by atoms with Crippen molar-refractivity contribution in [3.05, 3.63) is 70.0 Å². The zero-order chi connectivity index (χ0) is 19.4. The molecule has 0 unspecified atom stereocenters. The molecule has 0 spiro atoms. The number of rotatable bonds is 7. The number of para-hydroxylation sites is 1. The van der Waals surface area contributed by atoms with E-state index in [1.165, 1.54) is 11.8 Å². The zero-order valence-corrected chi connectivity index (χ0v) is 17.0. The maximum atomic E-state index is 12.5. The van der Waals surface area contributed by atoms with Crippen molar-refractivity contribution in [2.75, 3.05) is 5.75 Å². The largest absolute Gasteiger partial charge is 0.484 e. The lowest BCUT2D eigenvalue weighted by Gasteiger charge is -2.08. The second kappa shape index (κ2) is 8.59. The number of hydrogen-bond donors (Lipinski definition) is 0. The third-order valence-corrected chi connectivity index (χ3v) is 5.47. The lowest BCUT2D eigenvalue weighted by Crippen LogP contribution is -2.07. The van der Waals surface area contributed by atoms with Crippen LogP contribution in [0.15, 0.2) is 47.6 Å². The molecule has 0 saturated carbocycles. The van der Waals surface area contributed by atoms with E-state index in [-0.39, 0.29) is 12.4 Å². The summed E-state index contributed by atoms with van der Waals surface area (Å²) in [4.78, 5) is 12.5. The van der Waals surface area contributed by atoms with Crippen molar-refractivity contribution in [3.8, 4) is 5.75 Å². The van der Waals surface area contributed by atoms with Gasteiger partial charge in [-0.15, -0.1) is 10.2 Å². The van der Waals surface area contributed by atoms with Crippen LogP contribution in [0.4, 0.5) is 0 Å². The molecule has 0 atom stereocenters. The molecule has 3 rings (SSSR count). The number of Topliss-reactive ketones (excluding diaryl/α,β-unsaturated/α-hetero) is 1. The Balaban J connectivity index is 1.62. The van der Waals surface area contributed by atoms with E-state index < -0.39 is 0 Å². The standard InChI is InChI=1S/C20H20ClN3O2S/c1-13-8-9-15(14(2)10-13)17(25)12-27-20-23-22-19(24(20)3)11-26-18-7-5-4-6-16(18)21/h4-10H,11-12H2,1-3H3. The summed E-state index contributed by atoms with van der Waals surface area (Å²) in [5.41, 5.74) is 2.89. The fourth-order valence-corrected chi connectivity index (χ4v) is 3.64. The number of ketones is 1. The van der Waals surface area contributed by atoms with Crippen molar-refractivity contribution >= 4 is 29.1 Å². The van der Waals surface area contributed by atoms with Crippen molar-refractivity contribution in [3.63, 3.8) is 0 Å². The maximum absolute atomic E-state index is 12.5. The Hall–Kier alpha value is -2.31. The van der Waals surface area contributed by atoms with Gasteiger partial charge >= 0.3 is 0 Å². The van der Waals surface area contributed by atoms with E-state index in [1.54, 1.807) is 12.1 Å². The average molecular weight is 402 g/mol. The maximum Gasteiger partial charge on any atom is 0.191 e. The number of nitrogens with zero attached hydrogens (tertiary/aromatic N) is 3. The van der Waals surface area contributed by atoms with Crippen LogP contribution in [0.5, 0.6) is 5.75 Å². The van der Waals surface area contributed by atoms with Gasteiger partial charge in [0.2, 0.25) is 0 Å². The number of halogens is 1. The Kier molecular flexibility index (Phi) is 6.19. The smallest absolute Gasteiger partial charge is 0.191 e. The van der Waals surface area contributed by atoms with Crippen LogP contribution in [-0.4, -0.2) is 26.3 Å². The molecular weight excluding hydrogens is 382 g/mol. The van der Waals surface area contributed by atoms with Crippen molar-refractivity contribution in [1.29, 1.82) is 0 Å². The first-order chi connectivity index (χ1) is 13.0. The molecule has 1 aromatic heterocycles. The zero-order valence-electron chi connectivity index (χ0n) is 15.4. The number of thioether (sulfide) groups is 1. The van der Waals surface area contributed by atoms with E-state index in [2.05, 4.69) is 10.2 Å². The Bertz CT molecular complexity index is 972. The predicted octanol–water partition coefficient (Wildman–Crippen LogP) is 4.64. The molecule has 7 heteroatoms. The number of carbonyl (C=O) groups excluding carboxylic acids is 1. The van der Waals surface area contributed by atoms with E-state index in [9.17, 15) is 4.79 Å². The van der Waals surface area contributed by atoms with Gasteiger partial charge in [-0.25, -0.2) is 0 Å². The van der Waals surface area contributed by atoms with E-state index >= 15 is 0 Å². The molecule has 0 aliphatic rings. The Morgan fingerprint density at radius 3 is 2.70 bits per heavy atom. The van der Waals surface area contributed by atoms with Gasteiger partial charge in [0.1, 0.15) is 12.4 Å². The molecule has 0 amide bonds. The van der Waals surface area contributed by atoms with Crippen LogP contribution in [0.2, 0.25) is 5.02 Å². The van der Waals surface area contributed by atoms with E-state index in [4.69, 9.17) is 16.3 Å². The molecule has 140 valence electrons. The fourth-order valence-electron chi connectivity index (χ4n) is 2.63. The average Bonchev–Trinajstić information content (AvgIpc) is 2.99. The molecule has 0 fully saturated rings. The number of aryl methyl sites for hydroxylation is 2. The van der Waals surface area contributed by atoms with Crippen LogP contribution in [-0.2, 0) is 13.7 Å². The second-order valence-corrected chi connectivity index (χ2v) is 7.56. The Labute approximate surface area is 167 Å². The first-order valence-corrected chi connectivity index (χ1v) is 9.81. The minimum absolute atomic E-state index is 0.0781. The highest BCUT2D eigenvalue weighted by molar-refractivity contribution is 7.99. The molecule has 0 aliphatic carbocycles. The van der Waals surface area contributed by atoms with E-state index in [0.29, 0.717) is 27.5 Å². The van der Waals surface area contributed by atoms with Crippen LogP contribution in [0.3, 0.4) is 0 Å². The molecule has 0 saturated heterocycles. The third kappa shape index (κ3) is 4.70. The molecule has 5 nitrogen and oxygen atoms in total. The van der Waals surface area contributed by atoms with E-state index in [0.717, 1.165) is 16.7 Å². The van der Waals surface area contributed by atoms with Gasteiger partial charge < -0.3 is 9.30 Å². The highest BCUT2D eigenvalue weighted by Crippen LogP contribution is 2.24. The highest BCUT2D eigenvalue weighted by atomic mass is 35.5. The van der Waals surface area contributed by atoms with Gasteiger partial charge in [0.05, 0.1) is 10.8 Å². The van der Waals surface area contributed by atoms with Gasteiger partial charge in [0.25, 0.3) is 0 Å². The number of hydrogen-bond acceptors (Lipinski definition) is 5. The predicted molar refractivity (Wildman–Crippen MR) is 108 cm³/mol. The van der Waals surface area contributed by atoms with Crippen molar-refractivity contribution < 1.29 is 9.53 Å². The Morgan fingerprint density at radius 1 is 1.19 bits per heavy atom. The van der Waals surface area contributed by atoms with Crippen molar-refractivity contribution in [1.82, 2.24) is 14.8 Å². The summed E-state index contributed by atoms with van der Waals surface area (Å²) in [7, 11) is 1.86. The molecule has 1 heterocycles. The van der Waals surface area contributed by atoms with Gasteiger partial charge in [-0.3, -0.25) is 4.79 Å². The van der Waals surface area contributed by atoms with Gasteiger partial charge in [0.15, 0.2) is 16.8 Å². The first-order valence-electron chi connectivity index (χ1n) is 8.44. The normalized spacial score (nSPS) is 10.8. The monoisotopic (exact) mass is 401 g/mol. The quantitative estimate of drug-likeness (QED) is 0.426. The summed E-state index contributed by atoms with van der Waals surface area (Å²) in [5.74, 6) is 1.65. The van der Waals surface area contributed by atoms with Crippen molar-refractivity contribution in [2.24, 2.45) is 7.05 Å². The lowest BCUT2D eigenvalue weighted by molar-refractivity contribution is 0.102. The number of ether oxygens (including phenoxy) is 1. The molecule has 0 aliphatic heterocycles. The third-order valence-electron chi connectivity index (χ3n) is 4.13. The SMILES string of the molecule is Cc1ccc(C(=O)CSc2nnc(COc3ccccc3Cl)n2C)c(C)c1. The van der Waals surface area contributed by atoms with Crippen LogP contribution >= 0.6 is 23.4 Å². The molecule has 0 N–H and O–H groups in total. The summed E-state index contributed by atoms with van der Waals surface area (Å²) in [6.07, 6.45) is 0. The summed E-state index contributed by atoms with van der Waals surface area (Å²) in [6.45, 7) is 4.22. The van der Waals surface area contributed by atoms with Crippen molar-refractivity contribution in [2.45, 2.75) is 25.6 Å². The number of carbonyl (C=O) groups is 1.